The molecule has 1 heterocycles. The van der Waals surface area contributed by atoms with Crippen LogP contribution in [0.15, 0.2) is 60.7 Å². The van der Waals surface area contributed by atoms with E-state index in [1.54, 1.807) is 0 Å². The highest BCUT2D eigenvalue weighted by molar-refractivity contribution is 6.08. The minimum Gasteiger partial charge on any atom is -0.355 e. The fourth-order valence-corrected chi connectivity index (χ4v) is 3.17. The highest BCUT2D eigenvalue weighted by Crippen LogP contribution is 2.30. The molecule has 1 heteroatoms. The number of benzene rings is 3. The molecule has 3 aromatic carbocycles. The van der Waals surface area contributed by atoms with Crippen molar-refractivity contribution < 1.29 is 0 Å². The predicted molar refractivity (Wildman–Crippen MR) is 90.7 cm³/mol. The molecule has 0 saturated carbocycles. The summed E-state index contributed by atoms with van der Waals surface area (Å²) < 4.78 is 0. The summed E-state index contributed by atoms with van der Waals surface area (Å²) >= 11 is 0. The molecule has 0 saturated heterocycles. The van der Waals surface area contributed by atoms with Crippen molar-refractivity contribution in [1.82, 2.24) is 4.98 Å². The third kappa shape index (κ3) is 2.02. The number of hydrogen-bond donors (Lipinski definition) is 1. The molecule has 0 amide bonds. The summed E-state index contributed by atoms with van der Waals surface area (Å²) in [6.45, 7) is 4.31. The van der Waals surface area contributed by atoms with Gasteiger partial charge >= 0.3 is 0 Å². The van der Waals surface area contributed by atoms with Crippen LogP contribution in [0.25, 0.3) is 32.9 Å². The Morgan fingerprint density at radius 3 is 2.14 bits per heavy atom. The summed E-state index contributed by atoms with van der Waals surface area (Å²) in [5.74, 6) is 0. The molecule has 0 atom stereocenters. The number of aromatic nitrogens is 1. The number of aryl methyl sites for hydroxylation is 2. The standard InChI is InChI=1S/C20H17N/c1-13-9-14(2)11-16(10-13)15-7-8-20-18(12-15)17-5-3-4-6-19(17)21-20/h3-12,21H,1-2H3. The van der Waals surface area contributed by atoms with E-state index in [1.807, 2.05) is 0 Å². The molecule has 0 radical (unpaired) electrons. The molecule has 0 fully saturated rings. The Kier molecular flexibility index (Phi) is 2.61. The molecule has 0 aliphatic heterocycles. The molecule has 0 aliphatic carbocycles. The third-order valence-electron chi connectivity index (χ3n) is 4.06. The lowest BCUT2D eigenvalue weighted by Crippen LogP contribution is -1.82. The van der Waals surface area contributed by atoms with Gasteiger partial charge in [0.15, 0.2) is 0 Å². The number of nitrogens with one attached hydrogen (secondary N) is 1. The molecule has 1 aromatic heterocycles. The first kappa shape index (κ1) is 12.2. The summed E-state index contributed by atoms with van der Waals surface area (Å²) in [5, 5.41) is 2.58. The molecular weight excluding hydrogens is 254 g/mol. The molecule has 4 aromatic rings. The Morgan fingerprint density at radius 1 is 0.619 bits per heavy atom. The average Bonchev–Trinajstić information content (AvgIpc) is 2.84. The summed E-state index contributed by atoms with van der Waals surface area (Å²) in [4.78, 5) is 3.48. The zero-order chi connectivity index (χ0) is 14.4. The summed E-state index contributed by atoms with van der Waals surface area (Å²) in [5.41, 5.74) is 7.58. The van der Waals surface area contributed by atoms with Crippen molar-refractivity contribution in [3.05, 3.63) is 71.8 Å². The largest absolute Gasteiger partial charge is 0.355 e. The van der Waals surface area contributed by atoms with Crippen molar-refractivity contribution in [2.45, 2.75) is 13.8 Å². The van der Waals surface area contributed by atoms with Gasteiger partial charge in [-0.05, 0) is 43.2 Å². The SMILES string of the molecule is Cc1cc(C)cc(-c2ccc3[nH]c4ccccc4c3c2)c1. The van der Waals surface area contributed by atoms with E-state index in [9.17, 15) is 0 Å². The van der Waals surface area contributed by atoms with Crippen molar-refractivity contribution in [1.29, 1.82) is 0 Å². The number of H-pyrrole nitrogens is 1. The minimum atomic E-state index is 1.20. The van der Waals surface area contributed by atoms with Gasteiger partial charge in [-0.1, -0.05) is 53.6 Å². The lowest BCUT2D eigenvalue weighted by Gasteiger charge is -2.06. The summed E-state index contributed by atoms with van der Waals surface area (Å²) in [7, 11) is 0. The van der Waals surface area contributed by atoms with Gasteiger partial charge in [-0.25, -0.2) is 0 Å². The normalized spacial score (nSPS) is 11.3. The number of rotatable bonds is 1. The average molecular weight is 271 g/mol. The van der Waals surface area contributed by atoms with Crippen LogP contribution in [0.1, 0.15) is 11.1 Å². The first-order chi connectivity index (χ1) is 10.2. The number of para-hydroxylation sites is 1. The van der Waals surface area contributed by atoms with Gasteiger partial charge in [-0.3, -0.25) is 0 Å². The Bertz CT molecular complexity index is 940. The smallest absolute Gasteiger partial charge is 0.0465 e. The van der Waals surface area contributed by atoms with Crippen LogP contribution < -0.4 is 0 Å². The van der Waals surface area contributed by atoms with Crippen LogP contribution in [-0.2, 0) is 0 Å². The van der Waals surface area contributed by atoms with Crippen LogP contribution in [0, 0.1) is 13.8 Å². The summed E-state index contributed by atoms with van der Waals surface area (Å²) in [6, 6.07) is 21.9. The monoisotopic (exact) mass is 271 g/mol. The van der Waals surface area contributed by atoms with E-state index in [2.05, 4.69) is 79.5 Å². The molecule has 102 valence electrons. The van der Waals surface area contributed by atoms with Crippen LogP contribution in [0.2, 0.25) is 0 Å². The van der Waals surface area contributed by atoms with E-state index >= 15 is 0 Å². The van der Waals surface area contributed by atoms with Crippen molar-refractivity contribution in [3.63, 3.8) is 0 Å². The van der Waals surface area contributed by atoms with E-state index in [4.69, 9.17) is 0 Å². The molecular formula is C20H17N. The molecule has 0 bridgehead atoms. The Hall–Kier alpha value is -2.54. The molecule has 0 spiro atoms. The maximum atomic E-state index is 3.48. The van der Waals surface area contributed by atoms with Gasteiger partial charge in [0, 0.05) is 21.8 Å². The van der Waals surface area contributed by atoms with Crippen molar-refractivity contribution in [2.75, 3.05) is 0 Å². The predicted octanol–water partition coefficient (Wildman–Crippen LogP) is 5.60. The Balaban J connectivity index is 1.99. The van der Waals surface area contributed by atoms with Crippen molar-refractivity contribution >= 4 is 21.8 Å². The first-order valence-electron chi connectivity index (χ1n) is 7.30. The Labute approximate surface area is 124 Å². The number of hydrogen-bond acceptors (Lipinski definition) is 0. The second-order valence-electron chi connectivity index (χ2n) is 5.81. The maximum absolute atomic E-state index is 3.48. The second-order valence-corrected chi connectivity index (χ2v) is 5.81. The van der Waals surface area contributed by atoms with Gasteiger partial charge in [0.05, 0.1) is 0 Å². The van der Waals surface area contributed by atoms with Gasteiger partial charge in [-0.2, -0.15) is 0 Å². The van der Waals surface area contributed by atoms with E-state index in [1.165, 1.54) is 44.1 Å². The first-order valence-corrected chi connectivity index (χ1v) is 7.30. The van der Waals surface area contributed by atoms with E-state index in [0.717, 1.165) is 0 Å². The zero-order valence-corrected chi connectivity index (χ0v) is 12.3. The second kappa shape index (κ2) is 4.49. The van der Waals surface area contributed by atoms with E-state index in [-0.39, 0.29) is 0 Å². The molecule has 0 unspecified atom stereocenters. The molecule has 21 heavy (non-hydrogen) atoms. The third-order valence-corrected chi connectivity index (χ3v) is 4.06. The van der Waals surface area contributed by atoms with Crippen LogP contribution in [0.4, 0.5) is 0 Å². The fourth-order valence-electron chi connectivity index (χ4n) is 3.17. The fraction of sp³-hybridized carbons (Fsp3) is 0.100. The van der Waals surface area contributed by atoms with Crippen LogP contribution in [0.5, 0.6) is 0 Å². The molecule has 1 nitrogen and oxygen atoms in total. The van der Waals surface area contributed by atoms with Gasteiger partial charge in [0.1, 0.15) is 0 Å². The number of aromatic amines is 1. The number of fused-ring (bicyclic) bond motifs is 3. The lowest BCUT2D eigenvalue weighted by atomic mass is 9.99. The van der Waals surface area contributed by atoms with Crippen LogP contribution in [0.3, 0.4) is 0 Å². The lowest BCUT2D eigenvalue weighted by molar-refractivity contribution is 1.38. The molecule has 0 aliphatic rings. The highest BCUT2D eigenvalue weighted by atomic mass is 14.7. The maximum Gasteiger partial charge on any atom is 0.0465 e. The van der Waals surface area contributed by atoms with Crippen molar-refractivity contribution in [2.24, 2.45) is 0 Å². The van der Waals surface area contributed by atoms with Crippen LogP contribution in [-0.4, -0.2) is 4.98 Å². The Morgan fingerprint density at radius 2 is 1.33 bits per heavy atom. The quantitative estimate of drug-likeness (QED) is 0.463. The van der Waals surface area contributed by atoms with E-state index in [0.29, 0.717) is 0 Å². The van der Waals surface area contributed by atoms with Gasteiger partial charge < -0.3 is 4.98 Å². The highest BCUT2D eigenvalue weighted by Gasteiger charge is 2.06. The molecule has 4 rings (SSSR count). The minimum absolute atomic E-state index is 1.20. The van der Waals surface area contributed by atoms with Gasteiger partial charge in [0.2, 0.25) is 0 Å². The van der Waals surface area contributed by atoms with Crippen molar-refractivity contribution in [3.8, 4) is 11.1 Å². The van der Waals surface area contributed by atoms with Crippen LogP contribution >= 0.6 is 0 Å². The zero-order valence-electron chi connectivity index (χ0n) is 12.3. The van der Waals surface area contributed by atoms with Gasteiger partial charge in [-0.15, -0.1) is 0 Å². The summed E-state index contributed by atoms with van der Waals surface area (Å²) in [6.07, 6.45) is 0. The van der Waals surface area contributed by atoms with Gasteiger partial charge in [0.25, 0.3) is 0 Å². The molecule has 1 N–H and O–H groups in total. The topological polar surface area (TPSA) is 15.8 Å². The van der Waals surface area contributed by atoms with E-state index < -0.39 is 0 Å².